The van der Waals surface area contributed by atoms with Crippen LogP contribution in [0.2, 0.25) is 0 Å². The predicted molar refractivity (Wildman–Crippen MR) is 161 cm³/mol. The predicted octanol–water partition coefficient (Wildman–Crippen LogP) is 6.45. The average molecular weight is 577 g/mol. The van der Waals surface area contributed by atoms with Gasteiger partial charge in [0, 0.05) is 22.4 Å². The first kappa shape index (κ1) is 29.0. The Bertz CT molecular complexity index is 1570. The summed E-state index contributed by atoms with van der Waals surface area (Å²) in [4.78, 5) is 14.5. The van der Waals surface area contributed by atoms with Gasteiger partial charge >= 0.3 is 0 Å². The van der Waals surface area contributed by atoms with Crippen LogP contribution in [0.5, 0.6) is 11.5 Å². The molecule has 1 amide bonds. The third-order valence-electron chi connectivity index (χ3n) is 6.26. The molecule has 0 unspecified atom stereocenters. The largest absolute Gasteiger partial charge is 0.493 e. The second-order valence-corrected chi connectivity index (χ2v) is 12.1. The summed E-state index contributed by atoms with van der Waals surface area (Å²) in [7, 11) is -1.11. The Morgan fingerprint density at radius 2 is 1.55 bits per heavy atom. The van der Waals surface area contributed by atoms with E-state index >= 15 is 0 Å². The van der Waals surface area contributed by atoms with Gasteiger partial charge in [-0.1, -0.05) is 48.0 Å². The second kappa shape index (κ2) is 12.9. The molecule has 7 nitrogen and oxygen atoms in total. The summed E-state index contributed by atoms with van der Waals surface area (Å²) < 4.78 is 39.3. The number of rotatable bonds is 11. The number of hydrogen-bond donors (Lipinski definition) is 1. The SMILES string of the molecule is COc1ccc(N(CC(=O)Nc2ccc(CSc3ccccc3)cc2C)S(=O)(=O)c2ccc(C)cc2)cc1OC. The van der Waals surface area contributed by atoms with Crippen LogP contribution in [0.1, 0.15) is 16.7 Å². The van der Waals surface area contributed by atoms with Crippen LogP contribution in [0.4, 0.5) is 11.4 Å². The van der Waals surface area contributed by atoms with E-state index in [4.69, 9.17) is 9.47 Å². The number of aryl methyl sites for hydroxylation is 2. The van der Waals surface area contributed by atoms with Gasteiger partial charge in [-0.05, 0) is 67.4 Å². The number of nitrogens with one attached hydrogen (secondary N) is 1. The normalized spacial score (nSPS) is 11.1. The molecule has 1 N–H and O–H groups in total. The Kier molecular flexibility index (Phi) is 9.39. The maximum atomic E-state index is 13.8. The fourth-order valence-corrected chi connectivity index (χ4v) is 6.37. The number of ether oxygens (including phenoxy) is 2. The number of anilines is 2. The topological polar surface area (TPSA) is 84.9 Å². The molecule has 0 aliphatic heterocycles. The lowest BCUT2D eigenvalue weighted by molar-refractivity contribution is -0.114. The van der Waals surface area contributed by atoms with Crippen LogP contribution in [-0.2, 0) is 20.6 Å². The Balaban J connectivity index is 1.57. The zero-order chi connectivity index (χ0) is 28.7. The highest BCUT2D eigenvalue weighted by atomic mass is 32.2. The van der Waals surface area contributed by atoms with E-state index in [9.17, 15) is 13.2 Å². The Morgan fingerprint density at radius 3 is 2.20 bits per heavy atom. The third-order valence-corrected chi connectivity index (χ3v) is 9.14. The summed E-state index contributed by atoms with van der Waals surface area (Å²) in [5.74, 6) is 1.12. The van der Waals surface area contributed by atoms with E-state index in [1.54, 1.807) is 42.1 Å². The number of nitrogens with zero attached hydrogens (tertiary/aromatic N) is 1. The molecule has 0 bridgehead atoms. The van der Waals surface area contributed by atoms with Crippen molar-refractivity contribution < 1.29 is 22.7 Å². The van der Waals surface area contributed by atoms with E-state index in [1.165, 1.54) is 31.2 Å². The van der Waals surface area contributed by atoms with E-state index in [0.717, 1.165) is 26.7 Å². The van der Waals surface area contributed by atoms with E-state index in [1.807, 2.05) is 50.2 Å². The van der Waals surface area contributed by atoms with Crippen LogP contribution in [0.25, 0.3) is 0 Å². The van der Waals surface area contributed by atoms with Crippen molar-refractivity contribution in [1.82, 2.24) is 0 Å². The van der Waals surface area contributed by atoms with Gasteiger partial charge in [-0.15, -0.1) is 11.8 Å². The van der Waals surface area contributed by atoms with Gasteiger partial charge in [0.25, 0.3) is 10.0 Å². The maximum absolute atomic E-state index is 13.8. The van der Waals surface area contributed by atoms with Crippen molar-refractivity contribution in [2.75, 3.05) is 30.4 Å². The zero-order valence-electron chi connectivity index (χ0n) is 22.9. The van der Waals surface area contributed by atoms with Gasteiger partial charge in [-0.3, -0.25) is 9.10 Å². The van der Waals surface area contributed by atoms with E-state index in [-0.39, 0.29) is 10.6 Å². The summed E-state index contributed by atoms with van der Waals surface area (Å²) in [5.41, 5.74) is 3.84. The molecule has 0 aliphatic carbocycles. The average Bonchev–Trinajstić information content (AvgIpc) is 2.96. The van der Waals surface area contributed by atoms with Gasteiger partial charge in [0.15, 0.2) is 11.5 Å². The number of carbonyl (C=O) groups is 1. The number of carbonyl (C=O) groups excluding carboxylic acids is 1. The van der Waals surface area contributed by atoms with E-state index < -0.39 is 22.5 Å². The smallest absolute Gasteiger partial charge is 0.264 e. The highest BCUT2D eigenvalue weighted by Gasteiger charge is 2.28. The van der Waals surface area contributed by atoms with Gasteiger partial charge in [-0.25, -0.2) is 8.42 Å². The van der Waals surface area contributed by atoms with Gasteiger partial charge in [0.1, 0.15) is 6.54 Å². The number of methoxy groups -OCH3 is 2. The molecule has 40 heavy (non-hydrogen) atoms. The van der Waals surface area contributed by atoms with Crippen molar-refractivity contribution in [3.05, 3.63) is 108 Å². The van der Waals surface area contributed by atoms with Crippen molar-refractivity contribution in [3.63, 3.8) is 0 Å². The Labute approximate surface area is 240 Å². The lowest BCUT2D eigenvalue weighted by Crippen LogP contribution is -2.38. The van der Waals surface area contributed by atoms with Crippen LogP contribution in [0.3, 0.4) is 0 Å². The van der Waals surface area contributed by atoms with Crippen molar-refractivity contribution in [2.45, 2.75) is 29.4 Å². The summed E-state index contributed by atoms with van der Waals surface area (Å²) >= 11 is 1.74. The maximum Gasteiger partial charge on any atom is 0.264 e. The van der Waals surface area contributed by atoms with Gasteiger partial charge < -0.3 is 14.8 Å². The minimum Gasteiger partial charge on any atom is -0.493 e. The molecule has 0 radical (unpaired) electrons. The summed E-state index contributed by atoms with van der Waals surface area (Å²) in [6, 6.07) is 27.3. The molecule has 4 aromatic rings. The van der Waals surface area contributed by atoms with Crippen LogP contribution in [0, 0.1) is 13.8 Å². The molecule has 0 aliphatic rings. The fraction of sp³-hybridized carbons (Fsp3) is 0.194. The van der Waals surface area contributed by atoms with E-state index in [0.29, 0.717) is 17.2 Å². The van der Waals surface area contributed by atoms with Gasteiger partial charge in [0.2, 0.25) is 5.91 Å². The molecule has 4 aromatic carbocycles. The lowest BCUT2D eigenvalue weighted by Gasteiger charge is -2.25. The van der Waals surface area contributed by atoms with Crippen molar-refractivity contribution in [1.29, 1.82) is 0 Å². The molecular weight excluding hydrogens is 544 g/mol. The molecule has 4 rings (SSSR count). The summed E-state index contributed by atoms with van der Waals surface area (Å²) in [6.07, 6.45) is 0. The number of hydrogen-bond acceptors (Lipinski definition) is 6. The molecule has 0 saturated carbocycles. The summed E-state index contributed by atoms with van der Waals surface area (Å²) in [6.45, 7) is 3.36. The quantitative estimate of drug-likeness (QED) is 0.207. The molecule has 0 spiro atoms. The van der Waals surface area contributed by atoms with Crippen molar-refractivity contribution >= 4 is 39.1 Å². The highest BCUT2D eigenvalue weighted by molar-refractivity contribution is 7.98. The number of sulfonamides is 1. The molecule has 208 valence electrons. The molecule has 0 fully saturated rings. The number of benzene rings is 4. The molecule has 0 atom stereocenters. The zero-order valence-corrected chi connectivity index (χ0v) is 24.5. The minimum atomic E-state index is -4.08. The van der Waals surface area contributed by atoms with Gasteiger partial charge in [-0.2, -0.15) is 0 Å². The van der Waals surface area contributed by atoms with Crippen molar-refractivity contribution in [2.24, 2.45) is 0 Å². The van der Waals surface area contributed by atoms with Crippen LogP contribution in [0.15, 0.2) is 101 Å². The molecule has 0 saturated heterocycles. The summed E-state index contributed by atoms with van der Waals surface area (Å²) in [5, 5.41) is 2.89. The first-order valence-corrected chi connectivity index (χ1v) is 15.0. The van der Waals surface area contributed by atoms with Crippen LogP contribution >= 0.6 is 11.8 Å². The fourth-order valence-electron chi connectivity index (χ4n) is 4.09. The number of thioether (sulfide) groups is 1. The van der Waals surface area contributed by atoms with Crippen molar-refractivity contribution in [3.8, 4) is 11.5 Å². The Morgan fingerprint density at radius 1 is 0.850 bits per heavy atom. The first-order valence-electron chi connectivity index (χ1n) is 12.6. The molecule has 0 heterocycles. The molecule has 9 heteroatoms. The monoisotopic (exact) mass is 576 g/mol. The lowest BCUT2D eigenvalue weighted by atomic mass is 10.1. The minimum absolute atomic E-state index is 0.0807. The third kappa shape index (κ3) is 6.97. The van der Waals surface area contributed by atoms with Gasteiger partial charge in [0.05, 0.1) is 24.8 Å². The Hall–Kier alpha value is -3.95. The standard InChI is InChI=1S/C31H32N2O5S2/c1-22-10-14-27(15-11-22)40(35,36)33(25-13-17-29(37-3)30(19-25)38-4)20-31(34)32-28-16-12-24(18-23(28)2)21-39-26-8-6-5-7-9-26/h5-19H,20-21H2,1-4H3,(H,32,34). The molecular formula is C31H32N2O5S2. The van der Waals surface area contributed by atoms with Crippen LogP contribution in [-0.4, -0.2) is 35.1 Å². The molecule has 0 aromatic heterocycles. The highest BCUT2D eigenvalue weighted by Crippen LogP contribution is 2.34. The van der Waals surface area contributed by atoms with Crippen LogP contribution < -0.4 is 19.1 Å². The number of amides is 1. The van der Waals surface area contributed by atoms with E-state index in [2.05, 4.69) is 17.4 Å². The second-order valence-electron chi connectivity index (χ2n) is 9.16. The first-order chi connectivity index (χ1) is 19.2.